The number of hydrogen-bond acceptors (Lipinski definition) is 5. The van der Waals surface area contributed by atoms with E-state index in [-0.39, 0.29) is 0 Å². The molecule has 2 heterocycles. The number of hydrogen-bond donors (Lipinski definition) is 2. The Morgan fingerprint density at radius 1 is 1.26 bits per heavy atom. The Bertz CT molecular complexity index is 669. The molecule has 2 N–H and O–H groups in total. The lowest BCUT2D eigenvalue weighted by Crippen LogP contribution is -2.42. The van der Waals surface area contributed by atoms with Gasteiger partial charge in [-0.2, -0.15) is 0 Å². The van der Waals surface area contributed by atoms with Crippen LogP contribution in [0.5, 0.6) is 0 Å². The Hall–Kier alpha value is -1.69. The maximum absolute atomic E-state index is 10.3. The van der Waals surface area contributed by atoms with Crippen LogP contribution in [0.2, 0.25) is 0 Å². The van der Waals surface area contributed by atoms with Crippen molar-refractivity contribution in [2.75, 3.05) is 44.7 Å². The summed E-state index contributed by atoms with van der Waals surface area (Å²) < 4.78 is 5.34. The van der Waals surface area contributed by atoms with E-state index in [0.29, 0.717) is 13.1 Å². The van der Waals surface area contributed by atoms with Crippen molar-refractivity contribution in [2.24, 2.45) is 0 Å². The second kappa shape index (κ2) is 7.25. The lowest BCUT2D eigenvalue weighted by Gasteiger charge is -2.28. The van der Waals surface area contributed by atoms with Gasteiger partial charge in [0, 0.05) is 42.9 Å². The van der Waals surface area contributed by atoms with Crippen LogP contribution in [0.4, 0.5) is 5.69 Å². The van der Waals surface area contributed by atoms with Gasteiger partial charge in [-0.3, -0.25) is 9.88 Å². The first-order chi connectivity index (χ1) is 11.1. The average Bonchev–Trinajstić information content (AvgIpc) is 2.56. The largest absolute Gasteiger partial charge is 0.390 e. The quantitative estimate of drug-likeness (QED) is 0.883. The number of aliphatic hydroxyl groups is 1. The van der Waals surface area contributed by atoms with Gasteiger partial charge in [-0.05, 0) is 25.5 Å². The number of nitrogens with zero attached hydrogens (tertiary/aromatic N) is 2. The summed E-state index contributed by atoms with van der Waals surface area (Å²) in [5.74, 6) is 0. The lowest BCUT2D eigenvalue weighted by molar-refractivity contribution is 0.0171. The minimum absolute atomic E-state index is 0.403. The minimum atomic E-state index is -0.403. The van der Waals surface area contributed by atoms with E-state index in [2.05, 4.69) is 28.2 Å². The average molecular weight is 315 g/mol. The summed E-state index contributed by atoms with van der Waals surface area (Å²) in [6.45, 7) is 8.62. The van der Waals surface area contributed by atoms with Crippen molar-refractivity contribution in [3.8, 4) is 0 Å². The van der Waals surface area contributed by atoms with Crippen LogP contribution in [-0.2, 0) is 4.74 Å². The fraction of sp³-hybridized carbons (Fsp3) is 0.500. The molecule has 0 bridgehead atoms. The van der Waals surface area contributed by atoms with Crippen molar-refractivity contribution in [3.05, 3.63) is 35.5 Å². The van der Waals surface area contributed by atoms with Gasteiger partial charge in [0.1, 0.15) is 0 Å². The van der Waals surface area contributed by atoms with Crippen molar-refractivity contribution >= 4 is 16.6 Å². The predicted octanol–water partition coefficient (Wildman–Crippen LogP) is 1.96. The number of aromatic nitrogens is 1. The number of para-hydroxylation sites is 1. The molecule has 1 atom stereocenters. The highest BCUT2D eigenvalue weighted by atomic mass is 16.5. The van der Waals surface area contributed by atoms with Gasteiger partial charge in [-0.15, -0.1) is 0 Å². The third-order valence-electron chi connectivity index (χ3n) is 4.47. The molecule has 1 aliphatic heterocycles. The van der Waals surface area contributed by atoms with Gasteiger partial charge >= 0.3 is 0 Å². The zero-order valence-corrected chi connectivity index (χ0v) is 13.9. The highest BCUT2D eigenvalue weighted by Gasteiger charge is 2.16. The van der Waals surface area contributed by atoms with E-state index in [1.165, 1.54) is 0 Å². The molecule has 1 saturated heterocycles. The van der Waals surface area contributed by atoms with Crippen LogP contribution in [0.1, 0.15) is 11.3 Å². The number of benzene rings is 1. The number of aryl methyl sites for hydroxylation is 1. The van der Waals surface area contributed by atoms with E-state index >= 15 is 0 Å². The summed E-state index contributed by atoms with van der Waals surface area (Å²) in [6, 6.07) is 8.12. The van der Waals surface area contributed by atoms with E-state index < -0.39 is 6.10 Å². The van der Waals surface area contributed by atoms with E-state index in [9.17, 15) is 5.11 Å². The van der Waals surface area contributed by atoms with Crippen LogP contribution in [0, 0.1) is 13.8 Å². The molecule has 0 radical (unpaired) electrons. The van der Waals surface area contributed by atoms with E-state index in [0.717, 1.165) is 54.2 Å². The third kappa shape index (κ3) is 3.80. The second-order valence-electron chi connectivity index (χ2n) is 6.16. The van der Waals surface area contributed by atoms with Crippen LogP contribution in [0.3, 0.4) is 0 Å². The number of nitrogens with one attached hydrogen (secondary N) is 1. The van der Waals surface area contributed by atoms with E-state index in [1.54, 1.807) is 0 Å². The smallest absolute Gasteiger partial charge is 0.0839 e. The van der Waals surface area contributed by atoms with E-state index in [1.807, 2.05) is 25.1 Å². The van der Waals surface area contributed by atoms with Gasteiger partial charge in [0.2, 0.25) is 0 Å². The monoisotopic (exact) mass is 315 g/mol. The number of pyridine rings is 1. The molecule has 1 aromatic carbocycles. The predicted molar refractivity (Wildman–Crippen MR) is 93.0 cm³/mol. The summed E-state index contributed by atoms with van der Waals surface area (Å²) in [5, 5.41) is 14.9. The Kier molecular flexibility index (Phi) is 5.10. The molecule has 124 valence electrons. The summed E-state index contributed by atoms with van der Waals surface area (Å²) in [6.07, 6.45) is -0.403. The number of rotatable bonds is 5. The SMILES string of the molecule is Cc1nc2ccccc2c(NCC(O)CN2CCOCC2)c1C. The highest BCUT2D eigenvalue weighted by Crippen LogP contribution is 2.27. The fourth-order valence-electron chi connectivity index (χ4n) is 3.02. The Balaban J connectivity index is 1.70. The van der Waals surface area contributed by atoms with Crippen molar-refractivity contribution in [1.82, 2.24) is 9.88 Å². The maximum Gasteiger partial charge on any atom is 0.0839 e. The minimum Gasteiger partial charge on any atom is -0.390 e. The lowest BCUT2D eigenvalue weighted by atomic mass is 10.1. The maximum atomic E-state index is 10.3. The summed E-state index contributed by atoms with van der Waals surface area (Å²) >= 11 is 0. The number of anilines is 1. The third-order valence-corrected chi connectivity index (χ3v) is 4.47. The standard InChI is InChI=1S/C18H25N3O2/c1-13-14(2)20-17-6-4-3-5-16(17)18(13)19-11-15(22)12-21-7-9-23-10-8-21/h3-6,15,22H,7-12H2,1-2H3,(H,19,20). The van der Waals surface area contributed by atoms with Crippen molar-refractivity contribution in [1.29, 1.82) is 0 Å². The molecule has 5 heteroatoms. The highest BCUT2D eigenvalue weighted by molar-refractivity contribution is 5.93. The molecule has 0 spiro atoms. The van der Waals surface area contributed by atoms with Crippen molar-refractivity contribution < 1.29 is 9.84 Å². The van der Waals surface area contributed by atoms with Crippen LogP contribution < -0.4 is 5.32 Å². The molecular formula is C18H25N3O2. The number of fused-ring (bicyclic) bond motifs is 1. The number of morpholine rings is 1. The molecule has 1 fully saturated rings. The molecule has 1 aliphatic rings. The Morgan fingerprint density at radius 2 is 2.00 bits per heavy atom. The van der Waals surface area contributed by atoms with Crippen LogP contribution in [0.25, 0.3) is 10.9 Å². The molecule has 0 amide bonds. The number of β-amino-alcohol motifs (C(OH)–C–C–N with tert-alkyl or cyclic N) is 1. The summed E-state index contributed by atoms with van der Waals surface area (Å²) in [4.78, 5) is 6.88. The number of aliphatic hydroxyl groups excluding tert-OH is 1. The van der Waals surface area contributed by atoms with Crippen LogP contribution >= 0.6 is 0 Å². The van der Waals surface area contributed by atoms with Gasteiger partial charge in [0.25, 0.3) is 0 Å². The molecule has 1 unspecified atom stereocenters. The van der Waals surface area contributed by atoms with Crippen molar-refractivity contribution in [2.45, 2.75) is 20.0 Å². The molecule has 5 nitrogen and oxygen atoms in total. The van der Waals surface area contributed by atoms with Crippen molar-refractivity contribution in [3.63, 3.8) is 0 Å². The normalized spacial score (nSPS) is 17.3. The van der Waals surface area contributed by atoms with Gasteiger partial charge in [-0.1, -0.05) is 18.2 Å². The van der Waals surface area contributed by atoms with E-state index in [4.69, 9.17) is 4.74 Å². The Labute approximate surface area is 137 Å². The molecule has 23 heavy (non-hydrogen) atoms. The zero-order chi connectivity index (χ0) is 16.2. The molecule has 0 aliphatic carbocycles. The first kappa shape index (κ1) is 16.2. The van der Waals surface area contributed by atoms with Crippen LogP contribution in [0.15, 0.2) is 24.3 Å². The van der Waals surface area contributed by atoms with Crippen LogP contribution in [-0.4, -0.2) is 60.5 Å². The molecule has 1 aromatic heterocycles. The molecule has 3 rings (SSSR count). The summed E-state index contributed by atoms with van der Waals surface area (Å²) in [7, 11) is 0. The van der Waals surface area contributed by atoms with Gasteiger partial charge < -0.3 is 15.2 Å². The number of ether oxygens (including phenoxy) is 1. The first-order valence-corrected chi connectivity index (χ1v) is 8.23. The topological polar surface area (TPSA) is 57.6 Å². The zero-order valence-electron chi connectivity index (χ0n) is 13.9. The fourth-order valence-corrected chi connectivity index (χ4v) is 3.02. The molecule has 0 saturated carbocycles. The van der Waals surface area contributed by atoms with Gasteiger partial charge in [0.05, 0.1) is 24.8 Å². The first-order valence-electron chi connectivity index (χ1n) is 8.23. The molecular weight excluding hydrogens is 290 g/mol. The van der Waals surface area contributed by atoms with Gasteiger partial charge in [0.15, 0.2) is 0 Å². The summed E-state index contributed by atoms with van der Waals surface area (Å²) in [5.41, 5.74) is 4.23. The Morgan fingerprint density at radius 3 is 2.78 bits per heavy atom. The molecule has 2 aromatic rings. The van der Waals surface area contributed by atoms with Gasteiger partial charge in [-0.25, -0.2) is 0 Å². The second-order valence-corrected chi connectivity index (χ2v) is 6.16.